The van der Waals surface area contributed by atoms with Crippen molar-refractivity contribution in [1.29, 1.82) is 0 Å². The van der Waals surface area contributed by atoms with Crippen LogP contribution in [-0.2, 0) is 0 Å². The molecule has 0 aliphatic heterocycles. The predicted octanol–water partition coefficient (Wildman–Crippen LogP) is 2.05. The Morgan fingerprint density at radius 1 is 1.32 bits per heavy atom. The Kier molecular flexibility index (Phi) is 4.35. The number of ether oxygens (including phenoxy) is 1. The zero-order chi connectivity index (χ0) is 13.8. The smallest absolute Gasteiger partial charge is 0.322 e. The van der Waals surface area contributed by atoms with Crippen LogP contribution in [0.15, 0.2) is 12.1 Å². The first-order valence-corrected chi connectivity index (χ1v) is 6.60. The number of aromatic nitrogens is 3. The highest BCUT2D eigenvalue weighted by Gasteiger charge is 2.12. The average Bonchev–Trinajstić information content (AvgIpc) is 2.85. The maximum atomic E-state index is 5.91. The second-order valence-electron chi connectivity index (χ2n) is 3.62. The van der Waals surface area contributed by atoms with Gasteiger partial charge in [-0.25, -0.2) is 5.84 Å². The Labute approximate surface area is 119 Å². The van der Waals surface area contributed by atoms with Gasteiger partial charge >= 0.3 is 6.01 Å². The molecule has 2 aromatic heterocycles. The fraction of sp³-hybridized carbons (Fsp3) is 0.300. The molecule has 4 N–H and O–H groups in total. The van der Waals surface area contributed by atoms with E-state index in [1.807, 2.05) is 19.1 Å². The van der Waals surface area contributed by atoms with Crippen LogP contribution in [0.25, 0.3) is 0 Å². The maximum Gasteiger partial charge on any atom is 0.322 e. The summed E-state index contributed by atoms with van der Waals surface area (Å²) < 4.78 is 5.71. The minimum atomic E-state index is 0.00947. The number of nitrogens with two attached hydrogens (primary N) is 1. The normalized spacial score (nSPS) is 12.0. The molecule has 0 aliphatic carbocycles. The van der Waals surface area contributed by atoms with Gasteiger partial charge in [-0.05, 0) is 19.1 Å². The summed E-state index contributed by atoms with van der Waals surface area (Å²) in [5.74, 6) is 5.89. The lowest BCUT2D eigenvalue weighted by atomic mass is 10.3. The molecule has 7 nitrogen and oxygen atoms in total. The third-order valence-electron chi connectivity index (χ3n) is 2.29. The van der Waals surface area contributed by atoms with Crippen LogP contribution in [0.3, 0.4) is 0 Å². The van der Waals surface area contributed by atoms with E-state index in [0.717, 1.165) is 9.21 Å². The number of rotatable bonds is 5. The van der Waals surface area contributed by atoms with E-state index in [0.29, 0.717) is 5.95 Å². The van der Waals surface area contributed by atoms with Crippen molar-refractivity contribution in [3.8, 4) is 6.01 Å². The summed E-state index contributed by atoms with van der Waals surface area (Å²) in [7, 11) is 1.47. The first kappa shape index (κ1) is 13.8. The number of hydrazine groups is 1. The number of anilines is 2. The summed E-state index contributed by atoms with van der Waals surface area (Å²) in [6.07, 6.45) is 0. The zero-order valence-corrected chi connectivity index (χ0v) is 11.9. The van der Waals surface area contributed by atoms with Crippen molar-refractivity contribution in [1.82, 2.24) is 15.0 Å². The van der Waals surface area contributed by atoms with Crippen LogP contribution >= 0.6 is 22.9 Å². The Morgan fingerprint density at radius 2 is 2.05 bits per heavy atom. The Balaban J connectivity index is 2.18. The largest absolute Gasteiger partial charge is 0.467 e. The van der Waals surface area contributed by atoms with Crippen LogP contribution in [0, 0.1) is 0 Å². The molecule has 2 rings (SSSR count). The quantitative estimate of drug-likeness (QED) is 0.574. The molecule has 2 heterocycles. The number of halogens is 1. The summed E-state index contributed by atoms with van der Waals surface area (Å²) in [5, 5.41) is 3.13. The minimum Gasteiger partial charge on any atom is -0.467 e. The lowest BCUT2D eigenvalue weighted by Gasteiger charge is -2.12. The second kappa shape index (κ2) is 6.00. The van der Waals surface area contributed by atoms with Gasteiger partial charge in [-0.3, -0.25) is 5.43 Å². The van der Waals surface area contributed by atoms with Crippen molar-refractivity contribution < 1.29 is 4.74 Å². The highest BCUT2D eigenvalue weighted by atomic mass is 35.5. The molecule has 9 heteroatoms. The van der Waals surface area contributed by atoms with E-state index < -0.39 is 0 Å². The number of methoxy groups -OCH3 is 1. The van der Waals surface area contributed by atoms with Gasteiger partial charge in [0.1, 0.15) is 0 Å². The highest BCUT2D eigenvalue weighted by molar-refractivity contribution is 7.16. The first-order chi connectivity index (χ1) is 9.12. The molecule has 1 atom stereocenters. The molecular weight excluding hydrogens is 288 g/mol. The Bertz CT molecular complexity index is 540. The van der Waals surface area contributed by atoms with Crippen LogP contribution in [-0.4, -0.2) is 22.1 Å². The predicted molar refractivity (Wildman–Crippen MR) is 75.6 cm³/mol. The maximum absolute atomic E-state index is 5.91. The van der Waals surface area contributed by atoms with Gasteiger partial charge in [-0.15, -0.1) is 11.3 Å². The van der Waals surface area contributed by atoms with E-state index in [9.17, 15) is 0 Å². The van der Waals surface area contributed by atoms with Crippen molar-refractivity contribution >= 4 is 34.8 Å². The number of nitrogen functional groups attached to an aromatic ring is 1. The van der Waals surface area contributed by atoms with Crippen LogP contribution in [0.4, 0.5) is 11.9 Å². The molecule has 0 amide bonds. The Hall–Kier alpha value is -1.64. The van der Waals surface area contributed by atoms with Crippen molar-refractivity contribution in [2.24, 2.45) is 5.84 Å². The number of hydrogen-bond acceptors (Lipinski definition) is 8. The monoisotopic (exact) mass is 300 g/mol. The summed E-state index contributed by atoms with van der Waals surface area (Å²) in [4.78, 5) is 13.2. The third kappa shape index (κ3) is 3.43. The molecule has 1 unspecified atom stereocenters. The van der Waals surface area contributed by atoms with Gasteiger partial charge in [0, 0.05) is 4.88 Å². The number of nitrogens with one attached hydrogen (secondary N) is 2. The lowest BCUT2D eigenvalue weighted by molar-refractivity contribution is 0.379. The van der Waals surface area contributed by atoms with Crippen molar-refractivity contribution in [2.75, 3.05) is 17.9 Å². The summed E-state index contributed by atoms with van der Waals surface area (Å²) in [6.45, 7) is 1.98. The van der Waals surface area contributed by atoms with Crippen molar-refractivity contribution in [2.45, 2.75) is 13.0 Å². The fourth-order valence-corrected chi connectivity index (χ4v) is 2.47. The summed E-state index contributed by atoms with van der Waals surface area (Å²) in [6, 6.07) is 3.99. The summed E-state index contributed by atoms with van der Waals surface area (Å²) >= 11 is 7.40. The molecular formula is C10H13ClN6OS. The fourth-order valence-electron chi connectivity index (χ4n) is 1.40. The standard InChI is InChI=1S/C10H13ClN6OS/c1-5(6-3-4-7(11)19-6)13-8-14-9(17-12)16-10(15-8)18-2/h3-5H,12H2,1-2H3,(H2,13,14,15,16,17). The van der Waals surface area contributed by atoms with Crippen LogP contribution in [0.2, 0.25) is 4.34 Å². The van der Waals surface area contributed by atoms with E-state index in [1.54, 1.807) is 0 Å². The van der Waals surface area contributed by atoms with Gasteiger partial charge < -0.3 is 10.1 Å². The SMILES string of the molecule is COc1nc(NN)nc(NC(C)c2ccc(Cl)s2)n1. The molecule has 0 fully saturated rings. The van der Waals surface area contributed by atoms with E-state index in [-0.39, 0.29) is 18.0 Å². The van der Waals surface area contributed by atoms with Gasteiger partial charge in [-0.1, -0.05) is 11.6 Å². The Morgan fingerprint density at radius 3 is 2.63 bits per heavy atom. The van der Waals surface area contributed by atoms with Crippen molar-refractivity contribution in [3.05, 3.63) is 21.3 Å². The molecule has 0 aliphatic rings. The van der Waals surface area contributed by atoms with Crippen LogP contribution < -0.4 is 21.3 Å². The number of nitrogens with zero attached hydrogens (tertiary/aromatic N) is 3. The van der Waals surface area contributed by atoms with E-state index in [4.69, 9.17) is 22.2 Å². The third-order valence-corrected chi connectivity index (χ3v) is 3.71. The van der Waals surface area contributed by atoms with E-state index in [1.165, 1.54) is 18.4 Å². The van der Waals surface area contributed by atoms with Gasteiger partial charge in [0.05, 0.1) is 17.5 Å². The van der Waals surface area contributed by atoms with Gasteiger partial charge in [0.2, 0.25) is 11.9 Å². The molecule has 19 heavy (non-hydrogen) atoms. The summed E-state index contributed by atoms with van der Waals surface area (Å²) in [5.41, 5.74) is 2.36. The first-order valence-electron chi connectivity index (χ1n) is 5.41. The topological polar surface area (TPSA) is 98.0 Å². The molecule has 0 aromatic carbocycles. The average molecular weight is 301 g/mol. The number of thiophene rings is 1. The molecule has 0 saturated carbocycles. The minimum absolute atomic E-state index is 0.00947. The van der Waals surface area contributed by atoms with E-state index >= 15 is 0 Å². The van der Waals surface area contributed by atoms with Crippen LogP contribution in [0.1, 0.15) is 17.8 Å². The highest BCUT2D eigenvalue weighted by Crippen LogP contribution is 2.28. The number of hydrogen-bond donors (Lipinski definition) is 3. The second-order valence-corrected chi connectivity index (χ2v) is 5.37. The molecule has 0 radical (unpaired) electrons. The lowest BCUT2D eigenvalue weighted by Crippen LogP contribution is -2.15. The van der Waals surface area contributed by atoms with Gasteiger partial charge in [-0.2, -0.15) is 15.0 Å². The van der Waals surface area contributed by atoms with E-state index in [2.05, 4.69) is 25.7 Å². The molecule has 0 spiro atoms. The van der Waals surface area contributed by atoms with Gasteiger partial charge in [0.15, 0.2) is 0 Å². The van der Waals surface area contributed by atoms with Gasteiger partial charge in [0.25, 0.3) is 0 Å². The molecule has 102 valence electrons. The molecule has 0 saturated heterocycles. The molecule has 0 bridgehead atoms. The van der Waals surface area contributed by atoms with Crippen molar-refractivity contribution in [3.63, 3.8) is 0 Å². The zero-order valence-electron chi connectivity index (χ0n) is 10.3. The van der Waals surface area contributed by atoms with Crippen LogP contribution in [0.5, 0.6) is 6.01 Å². The molecule has 2 aromatic rings.